The van der Waals surface area contributed by atoms with Gasteiger partial charge in [0, 0.05) is 11.6 Å². The zero-order chi connectivity index (χ0) is 10.5. The summed E-state index contributed by atoms with van der Waals surface area (Å²) in [5, 5.41) is 0. The van der Waals surface area contributed by atoms with E-state index < -0.39 is 9.84 Å². The number of hydrogen-bond donors (Lipinski definition) is 0. The molecule has 0 aromatic carbocycles. The molecule has 0 heterocycles. The second-order valence-electron chi connectivity index (χ2n) is 4.20. The highest BCUT2D eigenvalue weighted by molar-refractivity contribution is 7.91. The first-order valence-corrected chi connectivity index (χ1v) is 6.95. The largest absolute Gasteiger partial charge is 0.229 e. The highest BCUT2D eigenvalue weighted by Crippen LogP contribution is 2.22. The van der Waals surface area contributed by atoms with Gasteiger partial charge in [0.1, 0.15) is 9.84 Å². The van der Waals surface area contributed by atoms with Crippen LogP contribution in [0.25, 0.3) is 0 Å². The molecule has 0 aliphatic carbocycles. The van der Waals surface area contributed by atoms with Gasteiger partial charge in [-0.1, -0.05) is 20.8 Å². The topological polar surface area (TPSA) is 34.1 Å². The molecule has 0 rings (SSSR count). The summed E-state index contributed by atoms with van der Waals surface area (Å²) < 4.78 is 22.7. The van der Waals surface area contributed by atoms with Crippen LogP contribution in [0.2, 0.25) is 0 Å². The minimum Gasteiger partial charge on any atom is -0.229 e. The van der Waals surface area contributed by atoms with E-state index in [2.05, 4.69) is 0 Å². The lowest BCUT2D eigenvalue weighted by Crippen LogP contribution is -2.20. The number of sulfone groups is 1. The summed E-state index contributed by atoms with van der Waals surface area (Å²) in [7, 11) is -2.83. The van der Waals surface area contributed by atoms with Gasteiger partial charge in [-0.05, 0) is 18.3 Å². The van der Waals surface area contributed by atoms with Crippen LogP contribution >= 0.6 is 11.6 Å². The van der Waals surface area contributed by atoms with E-state index in [1.165, 1.54) is 0 Å². The molecule has 0 N–H and O–H groups in total. The maximum Gasteiger partial charge on any atom is 0.150 e. The molecule has 13 heavy (non-hydrogen) atoms. The van der Waals surface area contributed by atoms with Gasteiger partial charge in [0.25, 0.3) is 0 Å². The van der Waals surface area contributed by atoms with Crippen LogP contribution in [0.3, 0.4) is 0 Å². The van der Waals surface area contributed by atoms with Crippen LogP contribution in [0.15, 0.2) is 0 Å². The summed E-state index contributed by atoms with van der Waals surface area (Å²) >= 11 is 5.70. The molecular weight excluding hydrogens is 208 g/mol. The summed E-state index contributed by atoms with van der Waals surface area (Å²) in [4.78, 5) is 0. The zero-order valence-corrected chi connectivity index (χ0v) is 10.2. The third-order valence-corrected chi connectivity index (χ3v) is 4.55. The second-order valence-corrected chi connectivity index (χ2v) is 6.77. The molecule has 0 spiro atoms. The van der Waals surface area contributed by atoms with Crippen molar-refractivity contribution >= 4 is 21.4 Å². The van der Waals surface area contributed by atoms with Crippen molar-refractivity contribution in [3.05, 3.63) is 0 Å². The van der Waals surface area contributed by atoms with Crippen molar-refractivity contribution in [2.75, 3.05) is 17.4 Å². The van der Waals surface area contributed by atoms with Gasteiger partial charge in [0.15, 0.2) is 0 Å². The van der Waals surface area contributed by atoms with Crippen molar-refractivity contribution < 1.29 is 8.42 Å². The van der Waals surface area contributed by atoms with Crippen LogP contribution in [0.5, 0.6) is 0 Å². The van der Waals surface area contributed by atoms with Crippen LogP contribution in [-0.4, -0.2) is 25.8 Å². The Hall–Kier alpha value is 0.240. The van der Waals surface area contributed by atoms with E-state index in [9.17, 15) is 8.42 Å². The Labute approximate surface area is 86.6 Å². The predicted octanol–water partition coefficient (Wildman–Crippen LogP) is 2.47. The van der Waals surface area contributed by atoms with Gasteiger partial charge in [0.05, 0.1) is 5.75 Å². The summed E-state index contributed by atoms with van der Waals surface area (Å²) in [6.07, 6.45) is 1.35. The SMILES string of the molecule is CCCS(=O)(=O)CCC(C)(C)CCl. The molecule has 0 saturated carbocycles. The third-order valence-electron chi connectivity index (χ3n) is 1.97. The minimum absolute atomic E-state index is 0.0671. The molecule has 0 aliphatic heterocycles. The predicted molar refractivity (Wildman–Crippen MR) is 58.1 cm³/mol. The molecule has 4 heteroatoms. The molecule has 2 nitrogen and oxygen atoms in total. The van der Waals surface area contributed by atoms with E-state index >= 15 is 0 Å². The molecule has 0 radical (unpaired) electrons. The van der Waals surface area contributed by atoms with Crippen LogP contribution in [-0.2, 0) is 9.84 Å². The van der Waals surface area contributed by atoms with Gasteiger partial charge in [-0.3, -0.25) is 0 Å². The van der Waals surface area contributed by atoms with Gasteiger partial charge in [-0.15, -0.1) is 11.6 Å². The first kappa shape index (κ1) is 13.2. The molecule has 0 unspecified atom stereocenters. The van der Waals surface area contributed by atoms with E-state index in [-0.39, 0.29) is 11.2 Å². The van der Waals surface area contributed by atoms with Crippen molar-refractivity contribution in [2.24, 2.45) is 5.41 Å². The van der Waals surface area contributed by atoms with Crippen molar-refractivity contribution in [3.63, 3.8) is 0 Å². The summed E-state index contributed by atoms with van der Waals surface area (Å²) in [5.41, 5.74) is -0.0671. The number of hydrogen-bond acceptors (Lipinski definition) is 2. The smallest absolute Gasteiger partial charge is 0.150 e. The molecular formula is C9H19ClO2S. The van der Waals surface area contributed by atoms with Crippen LogP contribution in [0.1, 0.15) is 33.6 Å². The first-order chi connectivity index (χ1) is 5.83. The lowest BCUT2D eigenvalue weighted by molar-refractivity contribution is 0.404. The third kappa shape index (κ3) is 6.33. The van der Waals surface area contributed by atoms with E-state index in [0.717, 1.165) is 0 Å². The quantitative estimate of drug-likeness (QED) is 0.652. The molecule has 0 amide bonds. The fraction of sp³-hybridized carbons (Fsp3) is 1.00. The monoisotopic (exact) mass is 226 g/mol. The van der Waals surface area contributed by atoms with Crippen LogP contribution < -0.4 is 0 Å². The average Bonchev–Trinajstić information content (AvgIpc) is 2.02. The van der Waals surface area contributed by atoms with E-state index in [0.29, 0.717) is 24.5 Å². The summed E-state index contributed by atoms with van der Waals surface area (Å²) in [6, 6.07) is 0. The van der Waals surface area contributed by atoms with Crippen molar-refractivity contribution in [1.29, 1.82) is 0 Å². The zero-order valence-electron chi connectivity index (χ0n) is 8.64. The molecule has 0 aromatic rings. The molecule has 0 aliphatic rings. The first-order valence-electron chi connectivity index (χ1n) is 4.59. The van der Waals surface area contributed by atoms with Gasteiger partial charge >= 0.3 is 0 Å². The Kier molecular flexibility index (Phi) is 5.30. The Bertz CT molecular complexity index is 232. The lowest BCUT2D eigenvalue weighted by Gasteiger charge is -2.20. The standard InChI is InChI=1S/C9H19ClO2S/c1-4-6-13(11,12)7-5-9(2,3)8-10/h4-8H2,1-3H3. The van der Waals surface area contributed by atoms with Gasteiger partial charge in [-0.2, -0.15) is 0 Å². The Morgan fingerprint density at radius 2 is 1.77 bits per heavy atom. The maximum absolute atomic E-state index is 11.4. The highest BCUT2D eigenvalue weighted by Gasteiger charge is 2.20. The fourth-order valence-corrected chi connectivity index (χ4v) is 2.74. The van der Waals surface area contributed by atoms with Crippen LogP contribution in [0, 0.1) is 5.41 Å². The van der Waals surface area contributed by atoms with Gasteiger partial charge in [0.2, 0.25) is 0 Å². The minimum atomic E-state index is -2.83. The Morgan fingerprint density at radius 3 is 2.15 bits per heavy atom. The lowest BCUT2D eigenvalue weighted by atomic mass is 9.93. The second kappa shape index (κ2) is 5.20. The molecule has 0 saturated heterocycles. The van der Waals surface area contributed by atoms with E-state index in [1.807, 2.05) is 20.8 Å². The molecule has 0 atom stereocenters. The van der Waals surface area contributed by atoms with Crippen LogP contribution in [0.4, 0.5) is 0 Å². The summed E-state index contributed by atoms with van der Waals surface area (Å²) in [5.74, 6) is 1.07. The molecule has 80 valence electrons. The van der Waals surface area contributed by atoms with E-state index in [4.69, 9.17) is 11.6 Å². The average molecular weight is 227 g/mol. The number of rotatable bonds is 6. The van der Waals surface area contributed by atoms with Crippen molar-refractivity contribution in [3.8, 4) is 0 Å². The number of alkyl halides is 1. The summed E-state index contributed by atoms with van der Waals surface area (Å²) in [6.45, 7) is 5.85. The number of halogens is 1. The molecule has 0 bridgehead atoms. The van der Waals surface area contributed by atoms with Crippen molar-refractivity contribution in [1.82, 2.24) is 0 Å². The van der Waals surface area contributed by atoms with Crippen molar-refractivity contribution in [2.45, 2.75) is 33.6 Å². The Balaban J connectivity index is 4.02. The molecule has 0 aromatic heterocycles. The normalized spacial score (nSPS) is 13.2. The fourth-order valence-electron chi connectivity index (χ4n) is 0.912. The van der Waals surface area contributed by atoms with E-state index in [1.54, 1.807) is 0 Å². The maximum atomic E-state index is 11.4. The highest BCUT2D eigenvalue weighted by atomic mass is 35.5. The van der Waals surface area contributed by atoms with Gasteiger partial charge in [-0.25, -0.2) is 8.42 Å². The molecule has 0 fully saturated rings. The Morgan fingerprint density at radius 1 is 1.23 bits per heavy atom. The van der Waals surface area contributed by atoms with Gasteiger partial charge < -0.3 is 0 Å².